The average Bonchev–Trinajstić information content (AvgIpc) is 2.07. The number of nitrogens with zero attached hydrogens (tertiary/aromatic N) is 1. The maximum atomic E-state index is 8.55. The number of hydrogen-bond acceptors (Lipinski definition) is 2. The van der Waals surface area contributed by atoms with Gasteiger partial charge < -0.3 is 0 Å². The summed E-state index contributed by atoms with van der Waals surface area (Å²) < 4.78 is 0.882. The Morgan fingerprint density at radius 3 is 2.45 bits per heavy atom. The minimum atomic E-state index is 0.690. The van der Waals surface area contributed by atoms with E-state index in [1.165, 1.54) is 31.0 Å². The van der Waals surface area contributed by atoms with Gasteiger partial charge in [0.25, 0.3) is 0 Å². The summed E-state index contributed by atoms with van der Waals surface area (Å²) in [5, 5.41) is 11.5. The van der Waals surface area contributed by atoms with Crippen molar-refractivity contribution in [3.8, 4) is 5.40 Å². The molecule has 1 nitrogen and oxygen atoms in total. The second-order valence-corrected chi connectivity index (χ2v) is 5.78. The van der Waals surface area contributed by atoms with Gasteiger partial charge in [-0.25, -0.2) is 0 Å². The summed E-state index contributed by atoms with van der Waals surface area (Å²) in [7, 11) is 0. The topological polar surface area (TPSA) is 23.8 Å². The summed E-state index contributed by atoms with van der Waals surface area (Å²) in [6, 6.07) is 0. The normalized spacial score (nSPS) is 47.6. The molecule has 11 heavy (non-hydrogen) atoms. The Hall–Kier alpha value is 0.570. The second kappa shape index (κ2) is 3.14. The highest BCUT2D eigenvalue weighted by molar-refractivity contribution is 14.1. The lowest BCUT2D eigenvalue weighted by molar-refractivity contribution is 0.152. The zero-order valence-electron chi connectivity index (χ0n) is 6.16. The van der Waals surface area contributed by atoms with Crippen molar-refractivity contribution in [1.29, 1.82) is 5.26 Å². The van der Waals surface area contributed by atoms with Crippen LogP contribution >= 0.6 is 34.4 Å². The van der Waals surface area contributed by atoms with Crippen molar-refractivity contribution in [3.05, 3.63) is 0 Å². The first-order valence-corrected chi connectivity index (χ1v) is 6.16. The predicted molar refractivity (Wildman–Crippen MR) is 55.6 cm³/mol. The van der Waals surface area contributed by atoms with Crippen molar-refractivity contribution in [2.24, 2.45) is 11.8 Å². The lowest BCUT2D eigenvalue weighted by Crippen LogP contribution is -2.53. The van der Waals surface area contributed by atoms with E-state index in [0.717, 1.165) is 15.8 Å². The van der Waals surface area contributed by atoms with Crippen molar-refractivity contribution in [1.82, 2.24) is 0 Å². The summed E-state index contributed by atoms with van der Waals surface area (Å²) in [4.78, 5) is 0. The van der Waals surface area contributed by atoms with E-state index in [0.29, 0.717) is 5.25 Å². The molecule has 3 rings (SSSR count). The lowest BCUT2D eigenvalue weighted by atomic mass is 9.65. The summed E-state index contributed by atoms with van der Waals surface area (Å²) in [6.45, 7) is 0. The van der Waals surface area contributed by atoms with E-state index in [-0.39, 0.29) is 0 Å². The first-order chi connectivity index (χ1) is 5.34. The summed E-state index contributed by atoms with van der Waals surface area (Å²) in [6.07, 6.45) is 4.13. The number of halogens is 1. The Balaban J connectivity index is 2.01. The molecule has 0 radical (unpaired) electrons. The van der Waals surface area contributed by atoms with Crippen LogP contribution in [0.5, 0.6) is 0 Å². The molecule has 0 aromatic heterocycles. The van der Waals surface area contributed by atoms with Crippen LogP contribution in [-0.4, -0.2) is 9.17 Å². The lowest BCUT2D eigenvalue weighted by Gasteiger charge is -2.52. The van der Waals surface area contributed by atoms with E-state index in [2.05, 4.69) is 28.0 Å². The molecule has 0 aromatic carbocycles. The third kappa shape index (κ3) is 1.19. The molecule has 0 aromatic rings. The van der Waals surface area contributed by atoms with Crippen LogP contribution in [0.4, 0.5) is 0 Å². The fourth-order valence-corrected chi connectivity index (χ4v) is 5.58. The number of thioether (sulfide) groups is 1. The molecule has 2 unspecified atom stereocenters. The van der Waals surface area contributed by atoms with E-state index in [4.69, 9.17) is 5.26 Å². The summed E-state index contributed by atoms with van der Waals surface area (Å²) in [5.41, 5.74) is 0. The molecule has 3 heteroatoms. The van der Waals surface area contributed by atoms with Crippen LogP contribution in [0.2, 0.25) is 0 Å². The van der Waals surface area contributed by atoms with Crippen LogP contribution in [-0.2, 0) is 0 Å². The Kier molecular flexibility index (Phi) is 2.33. The molecule has 3 saturated carbocycles. The van der Waals surface area contributed by atoms with Gasteiger partial charge in [0.05, 0.1) is 0 Å². The highest BCUT2D eigenvalue weighted by Crippen LogP contribution is 2.55. The minimum absolute atomic E-state index is 0.690. The molecule has 0 aliphatic heterocycles. The summed E-state index contributed by atoms with van der Waals surface area (Å²) in [5.74, 6) is 1.72. The van der Waals surface area contributed by atoms with E-state index in [1.807, 2.05) is 0 Å². The first-order valence-electron chi connectivity index (χ1n) is 4.03. The standard InChI is InChI=1S/C8H10INS/c9-7-5-2-1-3-6(7)8(5)11-4-10/h5-8H,1-3H2/t5-,6+,7?,8?. The van der Waals surface area contributed by atoms with Crippen molar-refractivity contribution in [3.63, 3.8) is 0 Å². The minimum Gasteiger partial charge on any atom is -0.185 e. The fourth-order valence-electron chi connectivity index (χ4n) is 2.32. The van der Waals surface area contributed by atoms with Gasteiger partial charge in [-0.3, -0.25) is 0 Å². The third-order valence-electron chi connectivity index (χ3n) is 2.93. The van der Waals surface area contributed by atoms with E-state index >= 15 is 0 Å². The molecule has 3 aliphatic carbocycles. The van der Waals surface area contributed by atoms with Crippen molar-refractivity contribution in [2.45, 2.75) is 28.4 Å². The van der Waals surface area contributed by atoms with Gasteiger partial charge in [0.2, 0.25) is 0 Å². The highest BCUT2D eigenvalue weighted by atomic mass is 127. The Morgan fingerprint density at radius 1 is 1.36 bits per heavy atom. The molecular weight excluding hydrogens is 269 g/mol. The van der Waals surface area contributed by atoms with Gasteiger partial charge in [-0.15, -0.1) is 0 Å². The SMILES string of the molecule is N#CSC1[C@@H]2CCC[C@H]1C2I. The monoisotopic (exact) mass is 279 g/mol. The average molecular weight is 279 g/mol. The maximum Gasteiger partial charge on any atom is 0.133 e. The van der Waals surface area contributed by atoms with Gasteiger partial charge in [0.1, 0.15) is 5.40 Å². The van der Waals surface area contributed by atoms with Crippen molar-refractivity contribution < 1.29 is 0 Å². The van der Waals surface area contributed by atoms with Crippen LogP contribution in [0, 0.1) is 22.5 Å². The van der Waals surface area contributed by atoms with Gasteiger partial charge >= 0.3 is 0 Å². The largest absolute Gasteiger partial charge is 0.185 e. The van der Waals surface area contributed by atoms with Crippen molar-refractivity contribution >= 4 is 34.4 Å². The molecule has 3 fully saturated rings. The maximum absolute atomic E-state index is 8.55. The predicted octanol–water partition coefficient (Wildman–Crippen LogP) is 2.80. The Labute approximate surface area is 85.1 Å². The van der Waals surface area contributed by atoms with E-state index < -0.39 is 0 Å². The van der Waals surface area contributed by atoms with Crippen LogP contribution in [0.15, 0.2) is 0 Å². The number of fused-ring (bicyclic) bond motifs is 2. The van der Waals surface area contributed by atoms with Crippen LogP contribution < -0.4 is 0 Å². The molecule has 60 valence electrons. The second-order valence-electron chi connectivity index (χ2n) is 3.38. The number of alkyl halides is 1. The van der Waals surface area contributed by atoms with Crippen LogP contribution in [0.1, 0.15) is 19.3 Å². The molecule has 0 heterocycles. The van der Waals surface area contributed by atoms with Crippen LogP contribution in [0.3, 0.4) is 0 Å². The smallest absolute Gasteiger partial charge is 0.133 e. The molecule has 0 N–H and O–H groups in total. The number of hydrogen-bond donors (Lipinski definition) is 0. The number of rotatable bonds is 1. The first kappa shape index (κ1) is 8.18. The quantitative estimate of drug-likeness (QED) is 0.418. The number of thiocyanates is 1. The molecule has 4 atom stereocenters. The van der Waals surface area contributed by atoms with E-state index in [9.17, 15) is 0 Å². The van der Waals surface area contributed by atoms with Gasteiger partial charge in [-0.2, -0.15) is 5.26 Å². The summed E-state index contributed by atoms with van der Waals surface area (Å²) >= 11 is 4.08. The molecule has 0 amide bonds. The Bertz CT molecular complexity index is 189. The molecule has 2 bridgehead atoms. The molecule has 0 spiro atoms. The molecular formula is C8H10INS. The zero-order valence-corrected chi connectivity index (χ0v) is 9.14. The van der Waals surface area contributed by atoms with Crippen molar-refractivity contribution in [2.75, 3.05) is 0 Å². The molecule has 3 aliphatic rings. The number of nitriles is 1. The Morgan fingerprint density at radius 2 is 2.00 bits per heavy atom. The van der Waals surface area contributed by atoms with Crippen LogP contribution in [0.25, 0.3) is 0 Å². The van der Waals surface area contributed by atoms with Gasteiger partial charge in [-0.05, 0) is 36.4 Å². The molecule has 0 saturated heterocycles. The fraction of sp³-hybridized carbons (Fsp3) is 0.875. The third-order valence-corrected chi connectivity index (χ3v) is 5.85. The highest BCUT2D eigenvalue weighted by Gasteiger charge is 2.51. The van der Waals surface area contributed by atoms with Gasteiger partial charge in [0.15, 0.2) is 0 Å². The zero-order chi connectivity index (χ0) is 7.84. The van der Waals surface area contributed by atoms with Gasteiger partial charge in [0, 0.05) is 9.17 Å². The van der Waals surface area contributed by atoms with E-state index in [1.54, 1.807) is 0 Å². The van der Waals surface area contributed by atoms with Gasteiger partial charge in [-0.1, -0.05) is 29.0 Å².